The second-order valence-corrected chi connectivity index (χ2v) is 7.29. The molecule has 4 nitrogen and oxygen atoms in total. The number of carbonyl (C=O) groups excluding carboxylic acids is 2. The van der Waals surface area contributed by atoms with Crippen LogP contribution in [0.25, 0.3) is 10.9 Å². The third kappa shape index (κ3) is 3.92. The predicted molar refractivity (Wildman–Crippen MR) is 106 cm³/mol. The lowest BCUT2D eigenvalue weighted by Crippen LogP contribution is -2.18. The van der Waals surface area contributed by atoms with Gasteiger partial charge in [-0.1, -0.05) is 55.2 Å². The number of nitrogens with one attached hydrogen (secondary N) is 1. The van der Waals surface area contributed by atoms with E-state index in [4.69, 9.17) is 23.2 Å². The van der Waals surface area contributed by atoms with Crippen molar-refractivity contribution in [2.75, 3.05) is 5.32 Å². The Balaban J connectivity index is 1.88. The molecule has 0 atom stereocenters. The summed E-state index contributed by atoms with van der Waals surface area (Å²) in [7, 11) is 0. The lowest BCUT2D eigenvalue weighted by Gasteiger charge is -2.08. The number of aromatic nitrogens is 1. The van der Waals surface area contributed by atoms with Crippen LogP contribution in [0.3, 0.4) is 0 Å². The normalized spacial score (nSPS) is 11.1. The highest BCUT2D eigenvalue weighted by molar-refractivity contribution is 6.35. The zero-order valence-corrected chi connectivity index (χ0v) is 15.9. The fourth-order valence-electron chi connectivity index (χ4n) is 2.87. The lowest BCUT2D eigenvalue weighted by molar-refractivity contribution is -0.116. The van der Waals surface area contributed by atoms with Crippen LogP contribution in [-0.2, 0) is 11.3 Å². The van der Waals surface area contributed by atoms with Crippen molar-refractivity contribution in [3.63, 3.8) is 0 Å². The van der Waals surface area contributed by atoms with E-state index in [0.717, 1.165) is 10.9 Å². The fourth-order valence-corrected chi connectivity index (χ4v) is 3.39. The zero-order chi connectivity index (χ0) is 18.8. The van der Waals surface area contributed by atoms with E-state index in [9.17, 15) is 9.59 Å². The van der Waals surface area contributed by atoms with Gasteiger partial charge >= 0.3 is 0 Å². The van der Waals surface area contributed by atoms with Crippen molar-refractivity contribution >= 4 is 51.5 Å². The van der Waals surface area contributed by atoms with Crippen LogP contribution in [0.1, 0.15) is 24.2 Å². The topological polar surface area (TPSA) is 51.1 Å². The van der Waals surface area contributed by atoms with E-state index in [1.54, 1.807) is 29.0 Å². The Kier molecular flexibility index (Phi) is 5.35. The van der Waals surface area contributed by atoms with E-state index in [1.165, 1.54) is 0 Å². The van der Waals surface area contributed by atoms with E-state index in [2.05, 4.69) is 5.32 Å². The number of anilines is 1. The molecule has 3 rings (SSSR count). The molecule has 0 aliphatic heterocycles. The van der Waals surface area contributed by atoms with Crippen molar-refractivity contribution in [3.05, 3.63) is 64.3 Å². The molecule has 0 bridgehead atoms. The molecule has 0 unspecified atom stereocenters. The number of carbonyl (C=O) groups is 2. The van der Waals surface area contributed by atoms with Gasteiger partial charge in [-0.25, -0.2) is 0 Å². The molecule has 0 fully saturated rings. The Bertz CT molecular complexity index is 972. The van der Waals surface area contributed by atoms with E-state index in [-0.39, 0.29) is 24.2 Å². The number of rotatable bonds is 5. The maximum Gasteiger partial charge on any atom is 0.244 e. The number of Topliss-reactive ketones (excluding diaryl/α,β-unsaturated/α-hetero) is 1. The Morgan fingerprint density at radius 1 is 1.08 bits per heavy atom. The molecule has 134 valence electrons. The summed E-state index contributed by atoms with van der Waals surface area (Å²) in [5.74, 6) is -0.286. The third-order valence-electron chi connectivity index (χ3n) is 4.04. The van der Waals surface area contributed by atoms with Gasteiger partial charge in [-0.15, -0.1) is 0 Å². The summed E-state index contributed by atoms with van der Waals surface area (Å²) in [5, 5.41) is 4.53. The van der Waals surface area contributed by atoms with E-state index in [1.807, 2.05) is 38.1 Å². The molecule has 2 aromatic carbocycles. The molecule has 0 spiro atoms. The number of hydrogen-bond acceptors (Lipinski definition) is 2. The fraction of sp³-hybridized carbons (Fsp3) is 0.200. The molecule has 1 heterocycles. The molecule has 0 aliphatic rings. The van der Waals surface area contributed by atoms with Gasteiger partial charge in [0.1, 0.15) is 6.54 Å². The van der Waals surface area contributed by atoms with Gasteiger partial charge in [0.25, 0.3) is 0 Å². The highest BCUT2D eigenvalue weighted by atomic mass is 35.5. The number of halogens is 2. The van der Waals surface area contributed by atoms with Crippen LogP contribution >= 0.6 is 23.2 Å². The molecule has 1 amide bonds. The van der Waals surface area contributed by atoms with Crippen molar-refractivity contribution in [3.8, 4) is 0 Å². The molecular weight excluding hydrogens is 371 g/mol. The predicted octanol–water partition coefficient (Wildman–Crippen LogP) is 5.43. The Morgan fingerprint density at radius 3 is 2.38 bits per heavy atom. The number of nitrogens with zero attached hydrogens (tertiary/aromatic N) is 1. The Labute approximate surface area is 161 Å². The van der Waals surface area contributed by atoms with Gasteiger partial charge in [-0.05, 0) is 24.3 Å². The van der Waals surface area contributed by atoms with Crippen LogP contribution in [0.2, 0.25) is 10.0 Å². The maximum atomic E-state index is 12.5. The SMILES string of the molecule is CC(C)C(=O)c1cn(CC(=O)Nc2cc(Cl)cc(Cl)c2)c2ccccc12. The minimum atomic E-state index is -0.229. The van der Waals surface area contributed by atoms with Crippen molar-refractivity contribution in [2.45, 2.75) is 20.4 Å². The first-order valence-electron chi connectivity index (χ1n) is 8.23. The first-order valence-corrected chi connectivity index (χ1v) is 8.99. The van der Waals surface area contributed by atoms with Gasteiger partial charge < -0.3 is 9.88 Å². The summed E-state index contributed by atoms with van der Waals surface area (Å²) in [4.78, 5) is 24.9. The molecule has 0 saturated carbocycles. The molecule has 0 saturated heterocycles. The van der Waals surface area contributed by atoms with E-state index >= 15 is 0 Å². The summed E-state index contributed by atoms with van der Waals surface area (Å²) >= 11 is 11.9. The molecule has 0 radical (unpaired) electrons. The Morgan fingerprint density at radius 2 is 1.73 bits per heavy atom. The van der Waals surface area contributed by atoms with Gasteiger partial charge in [0, 0.05) is 44.3 Å². The quantitative estimate of drug-likeness (QED) is 0.592. The van der Waals surface area contributed by atoms with Crippen LogP contribution in [0.5, 0.6) is 0 Å². The van der Waals surface area contributed by atoms with Crippen molar-refractivity contribution in [1.82, 2.24) is 4.57 Å². The maximum absolute atomic E-state index is 12.5. The number of ketones is 1. The van der Waals surface area contributed by atoms with Crippen LogP contribution < -0.4 is 5.32 Å². The van der Waals surface area contributed by atoms with Crippen molar-refractivity contribution in [1.29, 1.82) is 0 Å². The van der Waals surface area contributed by atoms with Gasteiger partial charge in [-0.2, -0.15) is 0 Å². The third-order valence-corrected chi connectivity index (χ3v) is 4.48. The second-order valence-electron chi connectivity index (χ2n) is 6.41. The largest absolute Gasteiger partial charge is 0.337 e. The van der Waals surface area contributed by atoms with Crippen LogP contribution in [0.15, 0.2) is 48.7 Å². The Hall–Kier alpha value is -2.30. The minimum absolute atomic E-state index is 0.0574. The molecule has 6 heteroatoms. The molecule has 26 heavy (non-hydrogen) atoms. The highest BCUT2D eigenvalue weighted by Crippen LogP contribution is 2.25. The van der Waals surface area contributed by atoms with Crippen LogP contribution in [0.4, 0.5) is 5.69 Å². The summed E-state index contributed by atoms with van der Waals surface area (Å²) in [6.07, 6.45) is 1.75. The summed E-state index contributed by atoms with van der Waals surface area (Å²) < 4.78 is 1.78. The first kappa shape index (κ1) is 18.5. The van der Waals surface area contributed by atoms with Gasteiger partial charge in [0.05, 0.1) is 0 Å². The average molecular weight is 389 g/mol. The summed E-state index contributed by atoms with van der Waals surface area (Å²) in [6, 6.07) is 12.4. The standard InChI is InChI=1S/C20H18Cl2N2O2/c1-12(2)20(26)17-10-24(18-6-4-3-5-16(17)18)11-19(25)23-15-8-13(21)7-14(22)9-15/h3-10,12H,11H2,1-2H3,(H,23,25). The number of fused-ring (bicyclic) bond motifs is 1. The van der Waals surface area contributed by atoms with Crippen LogP contribution in [-0.4, -0.2) is 16.3 Å². The molecule has 1 aromatic heterocycles. The van der Waals surface area contributed by atoms with E-state index in [0.29, 0.717) is 21.3 Å². The number of para-hydroxylation sites is 1. The van der Waals surface area contributed by atoms with Crippen LogP contribution in [0, 0.1) is 5.92 Å². The minimum Gasteiger partial charge on any atom is -0.337 e. The zero-order valence-electron chi connectivity index (χ0n) is 14.4. The lowest BCUT2D eigenvalue weighted by atomic mass is 10.0. The summed E-state index contributed by atoms with van der Waals surface area (Å²) in [5.41, 5.74) is 2.01. The first-order chi connectivity index (χ1) is 12.3. The molecule has 3 aromatic rings. The number of benzene rings is 2. The molecule has 0 aliphatic carbocycles. The molecular formula is C20H18Cl2N2O2. The highest BCUT2D eigenvalue weighted by Gasteiger charge is 2.18. The van der Waals surface area contributed by atoms with Gasteiger partial charge in [-0.3, -0.25) is 9.59 Å². The average Bonchev–Trinajstić information content (AvgIpc) is 2.91. The number of hydrogen-bond donors (Lipinski definition) is 1. The smallest absolute Gasteiger partial charge is 0.244 e. The second kappa shape index (κ2) is 7.52. The van der Waals surface area contributed by atoms with Crippen molar-refractivity contribution < 1.29 is 9.59 Å². The van der Waals surface area contributed by atoms with E-state index < -0.39 is 0 Å². The molecule has 1 N–H and O–H groups in total. The monoisotopic (exact) mass is 388 g/mol. The van der Waals surface area contributed by atoms with Crippen molar-refractivity contribution in [2.24, 2.45) is 5.92 Å². The number of amides is 1. The van der Waals surface area contributed by atoms with Gasteiger partial charge in [0.2, 0.25) is 5.91 Å². The summed E-state index contributed by atoms with van der Waals surface area (Å²) in [6.45, 7) is 3.81. The van der Waals surface area contributed by atoms with Gasteiger partial charge in [0.15, 0.2) is 5.78 Å².